The molecule has 154 valence electrons. The predicted molar refractivity (Wildman–Crippen MR) is 148 cm³/mol. The molecule has 0 fully saturated rings. The van der Waals surface area contributed by atoms with Gasteiger partial charge in [0, 0.05) is 14.3 Å². The largest absolute Gasteiger partial charge is 0.0622 e. The number of benzene rings is 5. The summed E-state index contributed by atoms with van der Waals surface area (Å²) >= 11 is 7.59. The first-order valence-electron chi connectivity index (χ1n) is 10.5. The maximum Gasteiger partial charge on any atom is 0.0402 e. The molecular formula is C30H20Br2. The molecule has 0 spiro atoms. The van der Waals surface area contributed by atoms with E-state index in [0.717, 1.165) is 8.95 Å². The average Bonchev–Trinajstić information content (AvgIpc) is 2.85. The van der Waals surface area contributed by atoms with E-state index in [9.17, 15) is 0 Å². The summed E-state index contributed by atoms with van der Waals surface area (Å²) in [6.07, 6.45) is 8.86. The molecule has 5 aromatic rings. The molecule has 0 aliphatic rings. The van der Waals surface area contributed by atoms with Gasteiger partial charge >= 0.3 is 0 Å². The molecule has 0 saturated carbocycles. The summed E-state index contributed by atoms with van der Waals surface area (Å²) in [5, 5.41) is 4.91. The zero-order valence-electron chi connectivity index (χ0n) is 17.3. The summed E-state index contributed by atoms with van der Waals surface area (Å²) in [4.78, 5) is 0. The molecule has 0 radical (unpaired) electrons. The third-order valence-electron chi connectivity index (χ3n) is 5.65. The van der Waals surface area contributed by atoms with E-state index in [0.29, 0.717) is 0 Å². The number of fused-ring (bicyclic) bond motifs is 2. The minimum absolute atomic E-state index is 1.05. The Balaban J connectivity index is 1.81. The lowest BCUT2D eigenvalue weighted by Gasteiger charge is -2.15. The van der Waals surface area contributed by atoms with E-state index < -0.39 is 0 Å². The van der Waals surface area contributed by atoms with Crippen molar-refractivity contribution in [3.8, 4) is 0 Å². The Morgan fingerprint density at radius 2 is 0.938 bits per heavy atom. The molecule has 0 N–H and O–H groups in total. The van der Waals surface area contributed by atoms with E-state index >= 15 is 0 Å². The molecule has 0 heterocycles. The number of hydrogen-bond acceptors (Lipinski definition) is 0. The fraction of sp³-hybridized carbons (Fsp3) is 0. The van der Waals surface area contributed by atoms with Crippen molar-refractivity contribution in [1.29, 1.82) is 0 Å². The van der Waals surface area contributed by atoms with Gasteiger partial charge < -0.3 is 0 Å². The van der Waals surface area contributed by atoms with Gasteiger partial charge in [-0.2, -0.15) is 0 Å². The minimum atomic E-state index is 1.05. The Morgan fingerprint density at radius 3 is 1.53 bits per heavy atom. The Bertz CT molecular complexity index is 1460. The van der Waals surface area contributed by atoms with Gasteiger partial charge in [-0.05, 0) is 76.3 Å². The number of halogens is 2. The predicted octanol–water partition coefficient (Wildman–Crippen LogP) is 9.86. The fourth-order valence-corrected chi connectivity index (χ4v) is 5.00. The van der Waals surface area contributed by atoms with Crippen LogP contribution in [0.4, 0.5) is 0 Å². The lowest BCUT2D eigenvalue weighted by Crippen LogP contribution is -1.90. The molecule has 2 heteroatoms. The lowest BCUT2D eigenvalue weighted by atomic mass is 9.90. The van der Waals surface area contributed by atoms with Gasteiger partial charge in [0.2, 0.25) is 0 Å². The van der Waals surface area contributed by atoms with Crippen molar-refractivity contribution in [3.63, 3.8) is 0 Å². The zero-order chi connectivity index (χ0) is 21.9. The highest BCUT2D eigenvalue weighted by Crippen LogP contribution is 2.41. The molecule has 5 aromatic carbocycles. The first-order valence-corrected chi connectivity index (χ1v) is 12.1. The Hall–Kier alpha value is -2.94. The van der Waals surface area contributed by atoms with Gasteiger partial charge in [-0.15, -0.1) is 0 Å². The quantitative estimate of drug-likeness (QED) is 0.157. The van der Waals surface area contributed by atoms with Crippen LogP contribution in [0.25, 0.3) is 45.8 Å². The Morgan fingerprint density at radius 1 is 0.438 bits per heavy atom. The van der Waals surface area contributed by atoms with Crippen molar-refractivity contribution < 1.29 is 0 Å². The first-order chi connectivity index (χ1) is 15.7. The molecule has 0 aliphatic carbocycles. The molecule has 0 unspecified atom stereocenters. The van der Waals surface area contributed by atoms with Crippen LogP contribution in [-0.2, 0) is 0 Å². The first kappa shape index (κ1) is 20.9. The average molecular weight is 540 g/mol. The second-order valence-electron chi connectivity index (χ2n) is 7.64. The summed E-state index contributed by atoms with van der Waals surface area (Å²) in [7, 11) is 0. The van der Waals surface area contributed by atoms with Crippen LogP contribution in [0.2, 0.25) is 0 Å². The third kappa shape index (κ3) is 4.09. The summed E-state index contributed by atoms with van der Waals surface area (Å²) in [5.41, 5.74) is 4.81. The second kappa shape index (κ2) is 9.28. The smallest absolute Gasteiger partial charge is 0.0402 e. The van der Waals surface area contributed by atoms with Gasteiger partial charge in [0.1, 0.15) is 0 Å². The molecule has 32 heavy (non-hydrogen) atoms. The third-order valence-corrected chi connectivity index (χ3v) is 7.66. The minimum Gasteiger partial charge on any atom is -0.0622 e. The van der Waals surface area contributed by atoms with Crippen LogP contribution in [0, 0.1) is 0 Å². The second-order valence-corrected chi connectivity index (χ2v) is 9.29. The van der Waals surface area contributed by atoms with Gasteiger partial charge in [0.05, 0.1) is 0 Å². The fourth-order valence-electron chi connectivity index (χ4n) is 4.11. The van der Waals surface area contributed by atoms with Crippen molar-refractivity contribution in [1.82, 2.24) is 0 Å². The normalized spacial score (nSPS) is 11.8. The van der Waals surface area contributed by atoms with E-state index in [1.807, 2.05) is 12.1 Å². The monoisotopic (exact) mass is 538 g/mol. The standard InChI is InChI=1S/C30H20Br2/c31-28-20-19-27-25(17-15-21-9-3-1-4-10-21)23-13-7-8-14-24(23)26(29(27)30(28)32)18-16-22-11-5-2-6-12-22/h1-20H. The molecule has 0 nitrogen and oxygen atoms in total. The Kier molecular flexibility index (Phi) is 6.07. The van der Waals surface area contributed by atoms with Crippen molar-refractivity contribution in [2.45, 2.75) is 0 Å². The van der Waals surface area contributed by atoms with Gasteiger partial charge in [-0.25, -0.2) is 0 Å². The summed E-state index contributed by atoms with van der Waals surface area (Å²) in [6, 6.07) is 33.9. The van der Waals surface area contributed by atoms with Crippen LogP contribution in [0.15, 0.2) is 106 Å². The summed E-state index contributed by atoms with van der Waals surface area (Å²) in [6.45, 7) is 0. The molecule has 0 bridgehead atoms. The van der Waals surface area contributed by atoms with E-state index in [1.54, 1.807) is 0 Å². The zero-order valence-corrected chi connectivity index (χ0v) is 20.5. The lowest BCUT2D eigenvalue weighted by molar-refractivity contribution is 1.64. The molecule has 0 aliphatic heterocycles. The highest BCUT2D eigenvalue weighted by molar-refractivity contribution is 9.13. The van der Waals surface area contributed by atoms with Crippen LogP contribution in [0.1, 0.15) is 22.3 Å². The maximum absolute atomic E-state index is 3.87. The summed E-state index contributed by atoms with van der Waals surface area (Å²) in [5.74, 6) is 0. The van der Waals surface area contributed by atoms with E-state index in [-0.39, 0.29) is 0 Å². The maximum atomic E-state index is 3.87. The topological polar surface area (TPSA) is 0 Å². The highest BCUT2D eigenvalue weighted by Gasteiger charge is 2.15. The summed E-state index contributed by atoms with van der Waals surface area (Å²) < 4.78 is 2.12. The van der Waals surface area contributed by atoms with Crippen LogP contribution < -0.4 is 0 Å². The SMILES string of the molecule is Brc1ccc2c(C=Cc3ccccc3)c3ccccc3c(C=Cc3ccccc3)c2c1Br. The van der Waals surface area contributed by atoms with E-state index in [2.05, 4.69) is 141 Å². The molecule has 0 saturated heterocycles. The van der Waals surface area contributed by atoms with Crippen LogP contribution in [-0.4, -0.2) is 0 Å². The van der Waals surface area contributed by atoms with Crippen LogP contribution in [0.3, 0.4) is 0 Å². The molecular weight excluding hydrogens is 520 g/mol. The van der Waals surface area contributed by atoms with Crippen LogP contribution >= 0.6 is 31.9 Å². The van der Waals surface area contributed by atoms with Crippen LogP contribution in [0.5, 0.6) is 0 Å². The van der Waals surface area contributed by atoms with Crippen molar-refractivity contribution in [2.75, 3.05) is 0 Å². The van der Waals surface area contributed by atoms with Gasteiger partial charge in [0.15, 0.2) is 0 Å². The van der Waals surface area contributed by atoms with Gasteiger partial charge in [0.25, 0.3) is 0 Å². The molecule has 0 amide bonds. The Labute approximate surface area is 205 Å². The van der Waals surface area contributed by atoms with E-state index in [4.69, 9.17) is 0 Å². The van der Waals surface area contributed by atoms with Gasteiger partial charge in [-0.1, -0.05) is 115 Å². The van der Waals surface area contributed by atoms with Crippen molar-refractivity contribution in [2.24, 2.45) is 0 Å². The van der Waals surface area contributed by atoms with E-state index in [1.165, 1.54) is 43.8 Å². The number of rotatable bonds is 4. The molecule has 0 atom stereocenters. The highest BCUT2D eigenvalue weighted by atomic mass is 79.9. The number of hydrogen-bond donors (Lipinski definition) is 0. The van der Waals surface area contributed by atoms with Crippen molar-refractivity contribution >= 4 is 77.7 Å². The molecule has 0 aromatic heterocycles. The van der Waals surface area contributed by atoms with Gasteiger partial charge in [-0.3, -0.25) is 0 Å². The van der Waals surface area contributed by atoms with Crippen molar-refractivity contribution in [3.05, 3.63) is 128 Å². The molecule has 5 rings (SSSR count).